The van der Waals surface area contributed by atoms with E-state index < -0.39 is 11.9 Å². The molecule has 0 bridgehead atoms. The van der Waals surface area contributed by atoms with Crippen molar-refractivity contribution in [1.29, 1.82) is 0 Å². The van der Waals surface area contributed by atoms with Crippen molar-refractivity contribution in [2.75, 3.05) is 19.0 Å². The van der Waals surface area contributed by atoms with Gasteiger partial charge >= 0.3 is 5.97 Å². The van der Waals surface area contributed by atoms with Crippen LogP contribution in [0.3, 0.4) is 0 Å². The van der Waals surface area contributed by atoms with Gasteiger partial charge < -0.3 is 14.8 Å². The highest BCUT2D eigenvalue weighted by Crippen LogP contribution is 2.24. The molecule has 2 aromatic carbocycles. The lowest BCUT2D eigenvalue weighted by Crippen LogP contribution is -2.22. The molecule has 1 aromatic heterocycles. The Balaban J connectivity index is 1.50. The molecule has 0 spiro atoms. The summed E-state index contributed by atoms with van der Waals surface area (Å²) < 4.78 is 10.2. The number of hydrogen-bond donors (Lipinski definition) is 1. The number of thiazole rings is 1. The molecule has 0 unspecified atom stereocenters. The van der Waals surface area contributed by atoms with E-state index in [2.05, 4.69) is 10.3 Å². The summed E-state index contributed by atoms with van der Waals surface area (Å²) in [5.74, 6) is -0.402. The number of benzene rings is 2. The zero-order valence-corrected chi connectivity index (χ0v) is 16.4. The number of anilines is 1. The van der Waals surface area contributed by atoms with Crippen molar-refractivity contribution >= 4 is 28.9 Å². The van der Waals surface area contributed by atoms with Gasteiger partial charge in [-0.1, -0.05) is 42.0 Å². The van der Waals surface area contributed by atoms with Crippen molar-refractivity contribution in [3.05, 3.63) is 65.2 Å². The first-order valence-corrected chi connectivity index (χ1v) is 9.53. The Kier molecular flexibility index (Phi) is 6.39. The fraction of sp³-hybridized carbons (Fsp3) is 0.190. The molecule has 1 heterocycles. The highest BCUT2D eigenvalue weighted by molar-refractivity contribution is 7.13. The van der Waals surface area contributed by atoms with Crippen molar-refractivity contribution in [2.24, 2.45) is 0 Å². The number of nitrogens with one attached hydrogen (secondary N) is 1. The van der Waals surface area contributed by atoms with Crippen LogP contribution < -0.4 is 10.1 Å². The van der Waals surface area contributed by atoms with Gasteiger partial charge in [0.2, 0.25) is 0 Å². The van der Waals surface area contributed by atoms with Crippen LogP contribution in [0.25, 0.3) is 10.6 Å². The van der Waals surface area contributed by atoms with Crippen molar-refractivity contribution < 1.29 is 19.1 Å². The molecule has 0 saturated heterocycles. The Bertz CT molecular complexity index is 967. The molecular weight excluding hydrogens is 376 g/mol. The standard InChI is InChI=1S/C21H20N2O4S/c1-14-7-9-15(10-8-14)21-22-16(13-28-21)11-20(25)27-12-19(24)23-17-5-3-4-6-18(17)26-2/h3-10,13H,11-12H2,1-2H3,(H,23,24). The summed E-state index contributed by atoms with van der Waals surface area (Å²) in [6.45, 7) is 1.66. The van der Waals surface area contributed by atoms with Gasteiger partial charge in [-0.25, -0.2) is 4.98 Å². The number of amides is 1. The lowest BCUT2D eigenvalue weighted by Gasteiger charge is -2.09. The second kappa shape index (κ2) is 9.14. The first-order valence-electron chi connectivity index (χ1n) is 8.65. The molecule has 28 heavy (non-hydrogen) atoms. The maximum atomic E-state index is 12.0. The number of methoxy groups -OCH3 is 1. The number of aromatic nitrogens is 1. The van der Waals surface area contributed by atoms with Crippen LogP contribution in [0.4, 0.5) is 5.69 Å². The van der Waals surface area contributed by atoms with Crippen LogP contribution in [0.5, 0.6) is 5.75 Å². The number of para-hydroxylation sites is 2. The van der Waals surface area contributed by atoms with E-state index in [0.717, 1.165) is 10.6 Å². The van der Waals surface area contributed by atoms with Gasteiger partial charge in [0.1, 0.15) is 10.8 Å². The van der Waals surface area contributed by atoms with Crippen molar-refractivity contribution in [3.63, 3.8) is 0 Å². The molecule has 3 aromatic rings. The largest absolute Gasteiger partial charge is 0.495 e. The van der Waals surface area contributed by atoms with Crippen LogP contribution in [0, 0.1) is 6.92 Å². The lowest BCUT2D eigenvalue weighted by atomic mass is 10.2. The fourth-order valence-electron chi connectivity index (χ4n) is 2.50. The molecule has 1 N–H and O–H groups in total. The maximum Gasteiger partial charge on any atom is 0.312 e. The van der Waals surface area contributed by atoms with Crippen LogP contribution in [-0.4, -0.2) is 30.6 Å². The molecule has 0 aliphatic rings. The van der Waals surface area contributed by atoms with E-state index in [1.807, 2.05) is 36.6 Å². The maximum absolute atomic E-state index is 12.0. The Labute approximate surface area is 167 Å². The van der Waals surface area contributed by atoms with E-state index in [9.17, 15) is 9.59 Å². The second-order valence-corrected chi connectivity index (χ2v) is 6.95. The number of aryl methyl sites for hydroxylation is 1. The SMILES string of the molecule is COc1ccccc1NC(=O)COC(=O)Cc1csc(-c2ccc(C)cc2)n1. The topological polar surface area (TPSA) is 77.5 Å². The third kappa shape index (κ3) is 5.17. The Morgan fingerprint density at radius 3 is 2.61 bits per heavy atom. The lowest BCUT2D eigenvalue weighted by molar-refractivity contribution is -0.146. The second-order valence-electron chi connectivity index (χ2n) is 6.10. The first kappa shape index (κ1) is 19.6. The van der Waals surface area contributed by atoms with Gasteiger partial charge in [-0.2, -0.15) is 0 Å². The summed E-state index contributed by atoms with van der Waals surface area (Å²) in [5.41, 5.74) is 3.32. The molecule has 6 nitrogen and oxygen atoms in total. The van der Waals surface area contributed by atoms with Crippen LogP contribution in [0.1, 0.15) is 11.3 Å². The number of esters is 1. The van der Waals surface area contributed by atoms with Gasteiger partial charge in [-0.3, -0.25) is 9.59 Å². The minimum Gasteiger partial charge on any atom is -0.495 e. The zero-order valence-electron chi connectivity index (χ0n) is 15.6. The van der Waals surface area contributed by atoms with Crippen LogP contribution in [-0.2, 0) is 20.7 Å². The molecule has 0 saturated carbocycles. The number of carbonyl (C=O) groups is 2. The highest BCUT2D eigenvalue weighted by Gasteiger charge is 2.13. The zero-order chi connectivity index (χ0) is 19.9. The van der Waals surface area contributed by atoms with Crippen molar-refractivity contribution in [2.45, 2.75) is 13.3 Å². The van der Waals surface area contributed by atoms with Crippen LogP contribution in [0.2, 0.25) is 0 Å². The summed E-state index contributed by atoms with van der Waals surface area (Å²) >= 11 is 1.47. The minimum absolute atomic E-state index is 0.0182. The Hall–Kier alpha value is -3.19. The summed E-state index contributed by atoms with van der Waals surface area (Å²) in [7, 11) is 1.52. The molecule has 0 radical (unpaired) electrons. The van der Waals surface area contributed by atoms with Gasteiger partial charge in [0.25, 0.3) is 5.91 Å². The average Bonchev–Trinajstić information content (AvgIpc) is 3.16. The highest BCUT2D eigenvalue weighted by atomic mass is 32.1. The van der Waals surface area contributed by atoms with Crippen LogP contribution in [0.15, 0.2) is 53.9 Å². The molecule has 144 valence electrons. The fourth-order valence-corrected chi connectivity index (χ4v) is 3.32. The number of ether oxygens (including phenoxy) is 2. The van der Waals surface area contributed by atoms with Gasteiger partial charge in [0, 0.05) is 10.9 Å². The quantitative estimate of drug-likeness (QED) is 0.614. The predicted molar refractivity (Wildman–Crippen MR) is 109 cm³/mol. The summed E-state index contributed by atoms with van der Waals surface area (Å²) in [4.78, 5) is 28.5. The summed E-state index contributed by atoms with van der Waals surface area (Å²) in [6.07, 6.45) is 0.0182. The normalized spacial score (nSPS) is 10.4. The molecule has 0 fully saturated rings. The van der Waals surface area contributed by atoms with Gasteiger partial charge in [0.05, 0.1) is 24.9 Å². The van der Waals surface area contributed by atoms with E-state index in [4.69, 9.17) is 9.47 Å². The molecule has 0 atom stereocenters. The number of rotatable bonds is 7. The number of hydrogen-bond acceptors (Lipinski definition) is 6. The summed E-state index contributed by atoms with van der Waals surface area (Å²) in [6, 6.07) is 15.0. The van der Waals surface area contributed by atoms with E-state index in [-0.39, 0.29) is 13.0 Å². The van der Waals surface area contributed by atoms with Gasteiger partial charge in [-0.15, -0.1) is 11.3 Å². The number of carbonyl (C=O) groups excluding carboxylic acids is 2. The van der Waals surface area contributed by atoms with Crippen molar-refractivity contribution in [1.82, 2.24) is 4.98 Å². The molecule has 1 amide bonds. The minimum atomic E-state index is -0.504. The molecule has 7 heteroatoms. The smallest absolute Gasteiger partial charge is 0.312 e. The van der Waals surface area contributed by atoms with E-state index in [1.165, 1.54) is 24.0 Å². The van der Waals surface area contributed by atoms with Gasteiger partial charge in [0.15, 0.2) is 6.61 Å². The number of nitrogens with zero attached hydrogens (tertiary/aromatic N) is 1. The molecular formula is C21H20N2O4S. The Morgan fingerprint density at radius 1 is 1.11 bits per heavy atom. The van der Waals surface area contributed by atoms with E-state index in [1.54, 1.807) is 24.3 Å². The van der Waals surface area contributed by atoms with E-state index in [0.29, 0.717) is 17.1 Å². The van der Waals surface area contributed by atoms with Gasteiger partial charge in [-0.05, 0) is 19.1 Å². The third-order valence-electron chi connectivity index (χ3n) is 3.92. The van der Waals surface area contributed by atoms with Crippen molar-refractivity contribution in [3.8, 4) is 16.3 Å². The summed E-state index contributed by atoms with van der Waals surface area (Å²) in [5, 5.41) is 5.33. The first-order chi connectivity index (χ1) is 13.5. The average molecular weight is 396 g/mol. The molecule has 0 aliphatic heterocycles. The third-order valence-corrected chi connectivity index (χ3v) is 4.86. The monoisotopic (exact) mass is 396 g/mol. The molecule has 0 aliphatic carbocycles. The predicted octanol–water partition coefficient (Wildman–Crippen LogP) is 3.85. The molecule has 3 rings (SSSR count). The van der Waals surface area contributed by atoms with E-state index >= 15 is 0 Å². The Morgan fingerprint density at radius 2 is 1.86 bits per heavy atom. The van der Waals surface area contributed by atoms with Crippen LogP contribution >= 0.6 is 11.3 Å².